The number of carbonyl (C=O) groups excluding carboxylic acids is 1. The fourth-order valence-electron chi connectivity index (χ4n) is 4.04. The summed E-state index contributed by atoms with van der Waals surface area (Å²) in [4.78, 5) is 14.4. The molecule has 0 aromatic heterocycles. The van der Waals surface area contributed by atoms with Crippen LogP contribution in [0, 0.1) is 29.1 Å². The highest BCUT2D eigenvalue weighted by Gasteiger charge is 2.45. The van der Waals surface area contributed by atoms with Crippen LogP contribution in [0.15, 0.2) is 30.3 Å². The molecule has 0 radical (unpaired) electrons. The van der Waals surface area contributed by atoms with Crippen LogP contribution < -0.4 is 9.46 Å². The number of carbonyl (C=O) groups is 1. The first-order chi connectivity index (χ1) is 14.4. The number of hydrogen-bond donors (Lipinski definition) is 1. The summed E-state index contributed by atoms with van der Waals surface area (Å²) in [5.74, 6) is -11.5. The summed E-state index contributed by atoms with van der Waals surface area (Å²) in [7, 11) is 0. The molecule has 2 heterocycles. The Morgan fingerprint density at radius 3 is 2.00 bits per heavy atom. The third-order valence-corrected chi connectivity index (χ3v) is 6.11. The van der Waals surface area contributed by atoms with E-state index in [9.17, 15) is 26.7 Å². The molecule has 160 valence electrons. The molecule has 2 aromatic carbocycles. The maximum absolute atomic E-state index is 13.9. The maximum Gasteiger partial charge on any atom is 0.302 e. The van der Waals surface area contributed by atoms with Crippen molar-refractivity contribution in [2.45, 2.75) is 43.9 Å². The Kier molecular flexibility index (Phi) is 5.77. The summed E-state index contributed by atoms with van der Waals surface area (Å²) >= 11 is 0.935. The van der Waals surface area contributed by atoms with Crippen LogP contribution in [0.2, 0.25) is 0 Å². The van der Waals surface area contributed by atoms with E-state index < -0.39 is 40.9 Å². The molecule has 2 atom stereocenters. The van der Waals surface area contributed by atoms with Crippen molar-refractivity contribution in [2.75, 3.05) is 4.72 Å². The van der Waals surface area contributed by atoms with Gasteiger partial charge in [0, 0.05) is 42.6 Å². The minimum Gasteiger partial charge on any atom is -0.484 e. The largest absolute Gasteiger partial charge is 0.484 e. The van der Waals surface area contributed by atoms with E-state index in [1.165, 1.54) is 0 Å². The molecule has 0 aliphatic carbocycles. The van der Waals surface area contributed by atoms with Gasteiger partial charge in [0.2, 0.25) is 29.1 Å². The van der Waals surface area contributed by atoms with E-state index in [-0.39, 0.29) is 30.2 Å². The van der Waals surface area contributed by atoms with E-state index in [0.717, 1.165) is 17.6 Å². The van der Waals surface area contributed by atoms with Gasteiger partial charge in [0.05, 0.1) is 0 Å². The number of halogens is 5. The van der Waals surface area contributed by atoms with Crippen molar-refractivity contribution < 1.29 is 31.5 Å². The third kappa shape index (κ3) is 3.80. The van der Waals surface area contributed by atoms with E-state index in [2.05, 4.69) is 4.72 Å². The van der Waals surface area contributed by atoms with Crippen LogP contribution in [-0.2, 0) is 0 Å². The van der Waals surface area contributed by atoms with Gasteiger partial charge in [-0.25, -0.2) is 13.2 Å². The smallest absolute Gasteiger partial charge is 0.302 e. The molecule has 0 spiro atoms. The van der Waals surface area contributed by atoms with Gasteiger partial charge in [-0.05, 0) is 25.0 Å². The summed E-state index contributed by atoms with van der Waals surface area (Å²) in [5.41, 5.74) is 0.771. The van der Waals surface area contributed by atoms with E-state index in [1.54, 1.807) is 4.90 Å². The Balaban J connectivity index is 1.43. The molecule has 1 amide bonds. The molecular formula is C20H17F5N2O2S. The average molecular weight is 444 g/mol. The van der Waals surface area contributed by atoms with Gasteiger partial charge >= 0.3 is 5.24 Å². The van der Waals surface area contributed by atoms with E-state index in [0.29, 0.717) is 12.8 Å². The lowest BCUT2D eigenvalue weighted by Crippen LogP contribution is -2.48. The minimum absolute atomic E-state index is 0.193. The number of amides is 1. The molecule has 2 aromatic rings. The van der Waals surface area contributed by atoms with Gasteiger partial charge in [0.1, 0.15) is 6.10 Å². The number of ether oxygens (including phenoxy) is 1. The Morgan fingerprint density at radius 1 is 0.900 bits per heavy atom. The normalized spacial score (nSPS) is 22.8. The van der Waals surface area contributed by atoms with Crippen molar-refractivity contribution in [3.05, 3.63) is 59.4 Å². The van der Waals surface area contributed by atoms with Gasteiger partial charge in [-0.15, -0.1) is 0 Å². The number of nitrogens with zero attached hydrogens (tertiary/aromatic N) is 1. The van der Waals surface area contributed by atoms with Crippen molar-refractivity contribution in [3.63, 3.8) is 0 Å². The molecule has 2 aliphatic rings. The summed E-state index contributed by atoms with van der Waals surface area (Å²) in [6, 6.07) is 8.70. The molecule has 4 nitrogen and oxygen atoms in total. The standard InChI is InChI=1S/C20H17F5N2O2S/c21-14-15(22)17(24)19(18(25)16(14)23)29-13-8-11-6-7-12(9-13)27(11)20(28)30-26-10-4-2-1-3-5-10/h1-5,11-13,26H,6-9H2. The second-order valence-electron chi connectivity index (χ2n) is 7.24. The minimum atomic E-state index is -2.22. The van der Waals surface area contributed by atoms with Gasteiger partial charge in [-0.1, -0.05) is 18.2 Å². The van der Waals surface area contributed by atoms with Crippen molar-refractivity contribution in [1.29, 1.82) is 0 Å². The van der Waals surface area contributed by atoms with Crippen LogP contribution >= 0.6 is 11.9 Å². The number of rotatable bonds is 4. The van der Waals surface area contributed by atoms with Gasteiger partial charge in [0.15, 0.2) is 5.75 Å². The predicted molar refractivity (Wildman–Crippen MR) is 102 cm³/mol. The average Bonchev–Trinajstić information content (AvgIpc) is 3.03. The van der Waals surface area contributed by atoms with Crippen molar-refractivity contribution in [1.82, 2.24) is 4.90 Å². The first-order valence-corrected chi connectivity index (χ1v) is 10.2. The fraction of sp³-hybridized carbons (Fsp3) is 0.350. The predicted octanol–water partition coefficient (Wildman–Crippen LogP) is 5.64. The molecular weight excluding hydrogens is 427 g/mol. The molecule has 2 saturated heterocycles. The molecule has 2 aliphatic heterocycles. The van der Waals surface area contributed by atoms with Crippen molar-refractivity contribution >= 4 is 22.9 Å². The molecule has 2 fully saturated rings. The molecule has 4 rings (SSSR count). The Labute approximate surface area is 173 Å². The number of fused-ring (bicyclic) bond motifs is 2. The number of para-hydroxylation sites is 1. The molecule has 10 heteroatoms. The molecule has 30 heavy (non-hydrogen) atoms. The first-order valence-electron chi connectivity index (χ1n) is 9.35. The Hall–Kier alpha value is -2.49. The van der Waals surface area contributed by atoms with Crippen LogP contribution in [0.3, 0.4) is 0 Å². The van der Waals surface area contributed by atoms with Crippen molar-refractivity contribution in [2.24, 2.45) is 0 Å². The molecule has 2 bridgehead atoms. The van der Waals surface area contributed by atoms with E-state index >= 15 is 0 Å². The summed E-state index contributed by atoms with van der Waals surface area (Å²) in [5, 5.41) is -0.193. The summed E-state index contributed by atoms with van der Waals surface area (Å²) < 4.78 is 76.0. The zero-order valence-corrected chi connectivity index (χ0v) is 16.3. The van der Waals surface area contributed by atoms with E-state index in [1.807, 2.05) is 30.3 Å². The number of benzene rings is 2. The van der Waals surface area contributed by atoms with Gasteiger partial charge in [0.25, 0.3) is 0 Å². The fourth-order valence-corrected chi connectivity index (χ4v) is 4.78. The number of piperidine rings is 1. The van der Waals surface area contributed by atoms with Gasteiger partial charge in [-0.3, -0.25) is 4.79 Å². The lowest BCUT2D eigenvalue weighted by atomic mass is 10.0. The topological polar surface area (TPSA) is 41.6 Å². The highest BCUT2D eigenvalue weighted by atomic mass is 32.2. The Bertz CT molecular complexity index is 919. The van der Waals surface area contributed by atoms with Gasteiger partial charge in [-0.2, -0.15) is 8.78 Å². The maximum atomic E-state index is 13.9. The zero-order chi connectivity index (χ0) is 21.4. The Morgan fingerprint density at radius 2 is 1.43 bits per heavy atom. The van der Waals surface area contributed by atoms with Crippen LogP contribution in [-0.4, -0.2) is 28.3 Å². The number of hydrogen-bond acceptors (Lipinski definition) is 4. The van der Waals surface area contributed by atoms with E-state index in [4.69, 9.17) is 4.74 Å². The molecule has 1 N–H and O–H groups in total. The zero-order valence-electron chi connectivity index (χ0n) is 15.5. The second kappa shape index (κ2) is 8.33. The first kappa shape index (κ1) is 20.8. The lowest BCUT2D eigenvalue weighted by Gasteiger charge is -2.38. The van der Waals surface area contributed by atoms with Crippen LogP contribution in [0.4, 0.5) is 32.4 Å². The number of anilines is 1. The molecule has 2 unspecified atom stereocenters. The molecule has 0 saturated carbocycles. The van der Waals surface area contributed by atoms with Crippen LogP contribution in [0.1, 0.15) is 25.7 Å². The van der Waals surface area contributed by atoms with Crippen LogP contribution in [0.25, 0.3) is 0 Å². The highest BCUT2D eigenvalue weighted by molar-refractivity contribution is 8.14. The quantitative estimate of drug-likeness (QED) is 0.287. The second-order valence-corrected chi connectivity index (χ2v) is 8.00. The monoisotopic (exact) mass is 444 g/mol. The third-order valence-electron chi connectivity index (χ3n) is 5.38. The van der Waals surface area contributed by atoms with Crippen LogP contribution in [0.5, 0.6) is 5.75 Å². The summed E-state index contributed by atoms with van der Waals surface area (Å²) in [6.07, 6.45) is 1.09. The SMILES string of the molecule is O=C(SNc1ccccc1)N1C2CCC1CC(Oc1c(F)c(F)c(F)c(F)c1F)C2. The van der Waals surface area contributed by atoms with Crippen molar-refractivity contribution in [3.8, 4) is 5.75 Å². The van der Waals surface area contributed by atoms with Gasteiger partial charge < -0.3 is 14.4 Å². The number of nitrogens with one attached hydrogen (secondary N) is 1. The highest BCUT2D eigenvalue weighted by Crippen LogP contribution is 2.40. The summed E-state index contributed by atoms with van der Waals surface area (Å²) in [6.45, 7) is 0. The lowest BCUT2D eigenvalue weighted by molar-refractivity contribution is 0.0697.